The topological polar surface area (TPSA) is 423 Å². The summed E-state index contributed by atoms with van der Waals surface area (Å²) in [4.78, 5) is 138. The molecule has 17 N–H and O–H groups in total. The van der Waals surface area contributed by atoms with E-state index in [1.54, 1.807) is 13.8 Å². The van der Waals surface area contributed by atoms with Gasteiger partial charge in [0.15, 0.2) is 0 Å². The minimum absolute atomic E-state index is 0.0198. The van der Waals surface area contributed by atoms with E-state index in [0.29, 0.717) is 12.8 Å². The number of carboxylic acid groups (broad SMARTS) is 2. The quantitative estimate of drug-likeness (QED) is 0.0235. The van der Waals surface area contributed by atoms with Crippen molar-refractivity contribution in [1.29, 1.82) is 0 Å². The maximum absolute atomic E-state index is 13.7. The molecule has 0 radical (unpaired) electrons. The molecule has 0 aliphatic heterocycles. The van der Waals surface area contributed by atoms with Crippen molar-refractivity contribution in [3.8, 4) is 0 Å². The average Bonchev–Trinajstić information content (AvgIpc) is 3.17. The summed E-state index contributed by atoms with van der Waals surface area (Å²) in [5, 5.41) is 46.6. The van der Waals surface area contributed by atoms with Gasteiger partial charge < -0.3 is 75.1 Å². The number of unbranched alkanes of at least 4 members (excludes halogenated alkanes) is 1. The lowest BCUT2D eigenvalue weighted by Crippen LogP contribution is -2.61. The van der Waals surface area contributed by atoms with Gasteiger partial charge in [-0.2, -0.15) is 25.3 Å². The number of thiol groups is 2. The second-order valence-corrected chi connectivity index (χ2v) is 14.8. The van der Waals surface area contributed by atoms with Crippen LogP contribution in [0.4, 0.5) is 0 Å². The Morgan fingerprint density at radius 2 is 1.08 bits per heavy atom. The number of carbonyl (C=O) groups excluding carboxylic acids is 9. The highest BCUT2D eigenvalue weighted by atomic mass is 32.1. The van der Waals surface area contributed by atoms with E-state index >= 15 is 0 Å². The van der Waals surface area contributed by atoms with Crippen molar-refractivity contribution in [3.05, 3.63) is 0 Å². The maximum atomic E-state index is 13.7. The third kappa shape index (κ3) is 22.8. The van der Waals surface area contributed by atoms with Crippen LogP contribution in [0.5, 0.6) is 0 Å². The number of primary amides is 1. The van der Waals surface area contributed by atoms with Crippen molar-refractivity contribution in [2.75, 3.05) is 31.1 Å². The molecule has 61 heavy (non-hydrogen) atoms. The summed E-state index contributed by atoms with van der Waals surface area (Å²) in [6.07, 6.45) is -2.59. The van der Waals surface area contributed by atoms with Crippen molar-refractivity contribution in [2.45, 2.75) is 108 Å². The molecule has 0 aromatic heterocycles. The molecular weight excluding hydrogens is 851 g/mol. The lowest BCUT2D eigenvalue weighted by molar-refractivity contribution is -0.141. The second kappa shape index (κ2) is 29.1. The highest BCUT2D eigenvalue weighted by Gasteiger charge is 2.35. The van der Waals surface area contributed by atoms with Crippen LogP contribution in [0.2, 0.25) is 0 Å². The summed E-state index contributed by atoms with van der Waals surface area (Å²) in [5.41, 5.74) is 16.5. The molecule has 0 fully saturated rings. The summed E-state index contributed by atoms with van der Waals surface area (Å²) in [7, 11) is 0. The Kier molecular flexibility index (Phi) is 26.6. The zero-order chi connectivity index (χ0) is 47.0. The van der Waals surface area contributed by atoms with Crippen molar-refractivity contribution in [2.24, 2.45) is 23.1 Å². The Morgan fingerprint density at radius 1 is 0.574 bits per heavy atom. The van der Waals surface area contributed by atoms with Gasteiger partial charge in [0.2, 0.25) is 53.2 Å². The van der Waals surface area contributed by atoms with E-state index in [2.05, 4.69) is 62.5 Å². The normalized spacial score (nSPS) is 14.8. The highest BCUT2D eigenvalue weighted by Crippen LogP contribution is 2.09. The Morgan fingerprint density at radius 3 is 1.59 bits per heavy atom. The van der Waals surface area contributed by atoms with Gasteiger partial charge in [-0.3, -0.25) is 52.7 Å². The summed E-state index contributed by atoms with van der Waals surface area (Å²) >= 11 is 7.84. The second-order valence-electron chi connectivity index (χ2n) is 14.1. The largest absolute Gasteiger partial charge is 0.481 e. The van der Waals surface area contributed by atoms with E-state index < -0.39 is 139 Å². The number of carbonyl (C=O) groups is 11. The van der Waals surface area contributed by atoms with Crippen LogP contribution in [-0.4, -0.2) is 160 Å². The number of aliphatic hydroxyl groups excluding tert-OH is 1. The van der Waals surface area contributed by atoms with Crippen LogP contribution in [0.15, 0.2) is 0 Å². The Hall–Kier alpha value is -5.25. The average molecular weight is 910 g/mol. The minimum Gasteiger partial charge on any atom is -0.481 e. The molecule has 0 heterocycles. The van der Waals surface area contributed by atoms with Crippen molar-refractivity contribution >= 4 is 90.4 Å². The highest BCUT2D eigenvalue weighted by molar-refractivity contribution is 7.80. The molecule has 8 unspecified atom stereocenters. The molecule has 0 aliphatic carbocycles. The maximum Gasteiger partial charge on any atom is 0.322 e. The summed E-state index contributed by atoms with van der Waals surface area (Å²) in [6, 6.07) is -10.4. The molecule has 0 aliphatic rings. The van der Waals surface area contributed by atoms with E-state index in [9.17, 15) is 63.0 Å². The zero-order valence-corrected chi connectivity index (χ0v) is 35.7. The summed E-state index contributed by atoms with van der Waals surface area (Å²) in [6.45, 7) is 3.17. The fraction of sp³-hybridized carbons (Fsp3) is 0.676. The molecule has 0 saturated heterocycles. The Labute approximate surface area is 362 Å². The van der Waals surface area contributed by atoms with Crippen LogP contribution in [0.3, 0.4) is 0 Å². The van der Waals surface area contributed by atoms with Gasteiger partial charge in [-0.1, -0.05) is 13.8 Å². The number of amides is 9. The molecule has 0 aromatic carbocycles. The predicted molar refractivity (Wildman–Crippen MR) is 221 cm³/mol. The van der Waals surface area contributed by atoms with Crippen LogP contribution < -0.4 is 59.7 Å². The minimum atomic E-state index is -1.77. The molecule has 0 saturated carbocycles. The fourth-order valence-corrected chi connectivity index (χ4v) is 5.52. The van der Waals surface area contributed by atoms with E-state index in [0.717, 1.165) is 6.92 Å². The van der Waals surface area contributed by atoms with Gasteiger partial charge in [0.25, 0.3) is 0 Å². The van der Waals surface area contributed by atoms with Crippen LogP contribution in [0.25, 0.3) is 0 Å². The molecule has 25 nitrogen and oxygen atoms in total. The van der Waals surface area contributed by atoms with Gasteiger partial charge in [-0.15, -0.1) is 0 Å². The van der Waals surface area contributed by atoms with Gasteiger partial charge >= 0.3 is 11.9 Å². The van der Waals surface area contributed by atoms with E-state index in [1.807, 2.05) is 5.32 Å². The van der Waals surface area contributed by atoms with Gasteiger partial charge in [0, 0.05) is 11.5 Å². The van der Waals surface area contributed by atoms with Gasteiger partial charge in [0.05, 0.1) is 31.5 Å². The number of aliphatic hydroxyl groups is 1. The first kappa shape index (κ1) is 55.8. The van der Waals surface area contributed by atoms with Crippen molar-refractivity contribution < 1.29 is 68.1 Å². The molecule has 9 amide bonds. The van der Waals surface area contributed by atoms with Crippen molar-refractivity contribution in [1.82, 2.24) is 42.5 Å². The monoisotopic (exact) mass is 909 g/mol. The first-order valence-corrected chi connectivity index (χ1v) is 20.2. The lowest BCUT2D eigenvalue weighted by Gasteiger charge is -2.28. The molecule has 0 rings (SSSR count). The van der Waals surface area contributed by atoms with Gasteiger partial charge in [-0.25, -0.2) is 0 Å². The molecule has 346 valence electrons. The molecule has 27 heteroatoms. The number of hydrogen-bond donors (Lipinski definition) is 16. The zero-order valence-electron chi connectivity index (χ0n) is 33.9. The number of carboxylic acids is 2. The first-order valence-electron chi connectivity index (χ1n) is 18.9. The lowest BCUT2D eigenvalue weighted by atomic mass is 10.0. The summed E-state index contributed by atoms with van der Waals surface area (Å²) < 4.78 is 0. The van der Waals surface area contributed by atoms with Crippen LogP contribution in [0.1, 0.15) is 59.3 Å². The number of nitrogens with two attached hydrogens (primary N) is 3. The molecule has 0 bridgehead atoms. The smallest absolute Gasteiger partial charge is 0.322 e. The van der Waals surface area contributed by atoms with Crippen molar-refractivity contribution in [3.63, 3.8) is 0 Å². The van der Waals surface area contributed by atoms with E-state index in [1.165, 1.54) is 0 Å². The van der Waals surface area contributed by atoms with E-state index in [4.69, 9.17) is 22.3 Å². The predicted octanol–water partition coefficient (Wildman–Crippen LogP) is -6.69. The number of aliphatic carboxylic acids is 2. The van der Waals surface area contributed by atoms with Gasteiger partial charge in [-0.05, 0) is 45.1 Å². The third-order valence-corrected chi connectivity index (χ3v) is 9.00. The fourth-order valence-electron chi connectivity index (χ4n) is 5.10. The Balaban J connectivity index is 6.06. The molecule has 0 aromatic rings. The van der Waals surface area contributed by atoms with Gasteiger partial charge in [0.1, 0.15) is 42.8 Å². The SMILES string of the molecule is CC(C)CC(NC(=O)C(NC(=O)C(CC(N)=O)NC(=O)C(N)CS)C(C)O)C(=O)NC(CCCCN)C(=O)NCC(=O)NC(CC(=O)O)C(=O)NC(CS)C(=O)NCC(=O)O. The number of rotatable bonds is 30. The van der Waals surface area contributed by atoms with E-state index in [-0.39, 0.29) is 36.8 Å². The third-order valence-electron chi connectivity index (χ3n) is 8.24. The first-order chi connectivity index (χ1) is 28.5. The standard InChI is InChI=1S/C34H59N11O14S2/c1-15(2)8-19(43-34(59)27(16(3)46)45-33(58)20(9-23(37)47)42-28(53)17(36)13-60)31(56)41-18(6-4-5-7-35)29(54)38-11-24(48)40-21(10-25(49)50)32(57)44-22(14-61)30(55)39-12-26(51)52/h15-22,27,46,60-61H,4-14,35-36H2,1-3H3,(H2,37,47)(H,38,54)(H,39,55)(H,40,48)(H,41,56)(H,42,53)(H,43,59)(H,44,57)(H,45,58)(H,49,50)(H,51,52). The van der Waals surface area contributed by atoms with Crippen LogP contribution in [0, 0.1) is 5.92 Å². The molecule has 0 spiro atoms. The summed E-state index contributed by atoms with van der Waals surface area (Å²) in [5.74, 6) is -12.6. The van der Waals surface area contributed by atoms with Crippen LogP contribution >= 0.6 is 25.3 Å². The number of nitrogens with one attached hydrogen (secondary N) is 8. The number of hydrogen-bond acceptors (Lipinski definition) is 16. The molecular formula is C34H59N11O14S2. The Bertz CT molecular complexity index is 1570. The molecule has 8 atom stereocenters. The van der Waals surface area contributed by atoms with Crippen LogP contribution in [-0.2, 0) is 52.7 Å².